The van der Waals surface area contributed by atoms with Crippen molar-refractivity contribution in [3.05, 3.63) is 42.6 Å². The van der Waals surface area contributed by atoms with Gasteiger partial charge in [-0.15, -0.1) is 10.2 Å². The molecule has 5 rings (SSSR count). The average Bonchev–Trinajstić information content (AvgIpc) is 3.29. The van der Waals surface area contributed by atoms with Gasteiger partial charge in [0.25, 0.3) is 0 Å². The summed E-state index contributed by atoms with van der Waals surface area (Å²) >= 11 is 0. The van der Waals surface area contributed by atoms with Gasteiger partial charge in [0.05, 0.1) is 5.69 Å². The SMILES string of the molecule is CN1C[C@H]2C[C@H]1CN2c1ccc(-c2ccc3[nH]ccc3c2)nn1. The van der Waals surface area contributed by atoms with Crippen molar-refractivity contribution in [2.24, 2.45) is 0 Å². The van der Waals surface area contributed by atoms with Crippen molar-refractivity contribution in [2.75, 3.05) is 25.0 Å². The van der Waals surface area contributed by atoms with Crippen molar-refractivity contribution in [2.45, 2.75) is 18.5 Å². The molecule has 116 valence electrons. The molecule has 4 heterocycles. The second kappa shape index (κ2) is 4.80. The third kappa shape index (κ3) is 2.04. The Morgan fingerprint density at radius 3 is 2.74 bits per heavy atom. The van der Waals surface area contributed by atoms with E-state index < -0.39 is 0 Å². The number of piperazine rings is 1. The zero-order valence-electron chi connectivity index (χ0n) is 13.1. The molecular weight excluding hydrogens is 286 g/mol. The number of aromatic amines is 1. The summed E-state index contributed by atoms with van der Waals surface area (Å²) in [5.41, 5.74) is 3.19. The third-order valence-corrected chi connectivity index (χ3v) is 5.31. The Kier molecular flexibility index (Phi) is 2.73. The predicted octanol–water partition coefficient (Wildman–Crippen LogP) is 2.52. The monoisotopic (exact) mass is 305 g/mol. The van der Waals surface area contributed by atoms with Gasteiger partial charge in [0, 0.05) is 47.8 Å². The molecule has 2 aromatic heterocycles. The van der Waals surface area contributed by atoms with Gasteiger partial charge in [-0.05, 0) is 43.8 Å². The minimum absolute atomic E-state index is 0.598. The Bertz CT molecular complexity index is 851. The number of nitrogens with zero attached hydrogens (tertiary/aromatic N) is 4. The van der Waals surface area contributed by atoms with E-state index in [0.29, 0.717) is 12.1 Å². The van der Waals surface area contributed by atoms with E-state index in [2.05, 4.69) is 68.4 Å². The van der Waals surface area contributed by atoms with Gasteiger partial charge in [-0.25, -0.2) is 0 Å². The number of hydrogen-bond acceptors (Lipinski definition) is 4. The Morgan fingerprint density at radius 1 is 1.04 bits per heavy atom. The first-order valence-electron chi connectivity index (χ1n) is 8.16. The molecule has 2 saturated heterocycles. The van der Waals surface area contributed by atoms with Gasteiger partial charge in [-0.2, -0.15) is 0 Å². The maximum atomic E-state index is 4.50. The minimum atomic E-state index is 0.598. The molecule has 2 fully saturated rings. The van der Waals surface area contributed by atoms with E-state index in [9.17, 15) is 0 Å². The summed E-state index contributed by atoms with van der Waals surface area (Å²) in [6.45, 7) is 2.21. The van der Waals surface area contributed by atoms with Crippen LogP contribution in [-0.2, 0) is 0 Å². The van der Waals surface area contributed by atoms with Gasteiger partial charge in [0.2, 0.25) is 0 Å². The fourth-order valence-electron chi connectivity index (χ4n) is 3.99. The van der Waals surface area contributed by atoms with E-state index in [1.54, 1.807) is 0 Å². The fraction of sp³-hybridized carbons (Fsp3) is 0.333. The maximum absolute atomic E-state index is 4.50. The normalized spacial score (nSPS) is 24.0. The lowest BCUT2D eigenvalue weighted by Gasteiger charge is -2.32. The molecule has 2 bridgehead atoms. The third-order valence-electron chi connectivity index (χ3n) is 5.31. The highest BCUT2D eigenvalue weighted by Gasteiger charge is 2.41. The average molecular weight is 305 g/mol. The summed E-state index contributed by atoms with van der Waals surface area (Å²) in [6.07, 6.45) is 3.22. The number of anilines is 1. The molecule has 3 aromatic rings. The largest absolute Gasteiger partial charge is 0.361 e. The van der Waals surface area contributed by atoms with Crippen LogP contribution in [0.5, 0.6) is 0 Å². The molecular formula is C18H19N5. The van der Waals surface area contributed by atoms with Crippen LogP contribution in [0.3, 0.4) is 0 Å². The zero-order valence-corrected chi connectivity index (χ0v) is 13.1. The molecule has 0 aliphatic carbocycles. The molecule has 5 nitrogen and oxygen atoms in total. The van der Waals surface area contributed by atoms with Crippen molar-refractivity contribution >= 4 is 16.7 Å². The predicted molar refractivity (Wildman–Crippen MR) is 91.5 cm³/mol. The number of nitrogens with one attached hydrogen (secondary N) is 1. The van der Waals surface area contributed by atoms with E-state index in [-0.39, 0.29) is 0 Å². The van der Waals surface area contributed by atoms with Gasteiger partial charge >= 0.3 is 0 Å². The summed E-state index contributed by atoms with van der Waals surface area (Å²) in [6, 6.07) is 13.9. The van der Waals surface area contributed by atoms with Crippen LogP contribution in [-0.4, -0.2) is 52.3 Å². The van der Waals surface area contributed by atoms with Crippen LogP contribution >= 0.6 is 0 Å². The first kappa shape index (κ1) is 13.1. The second-order valence-corrected chi connectivity index (χ2v) is 6.69. The number of hydrogen-bond donors (Lipinski definition) is 1. The maximum Gasteiger partial charge on any atom is 0.151 e. The van der Waals surface area contributed by atoms with Crippen LogP contribution in [0.1, 0.15) is 6.42 Å². The number of aromatic nitrogens is 3. The van der Waals surface area contributed by atoms with Crippen molar-refractivity contribution in [1.29, 1.82) is 0 Å². The zero-order chi connectivity index (χ0) is 15.4. The van der Waals surface area contributed by atoms with Crippen LogP contribution < -0.4 is 4.90 Å². The summed E-state index contributed by atoms with van der Waals surface area (Å²) in [5, 5.41) is 10.2. The van der Waals surface area contributed by atoms with Crippen LogP contribution in [0, 0.1) is 0 Å². The fourth-order valence-corrected chi connectivity index (χ4v) is 3.99. The van der Waals surface area contributed by atoms with Gasteiger partial charge in [0.15, 0.2) is 5.82 Å². The minimum Gasteiger partial charge on any atom is -0.361 e. The summed E-state index contributed by atoms with van der Waals surface area (Å²) in [5.74, 6) is 1.01. The molecule has 1 N–H and O–H groups in total. The second-order valence-electron chi connectivity index (χ2n) is 6.69. The van der Waals surface area contributed by atoms with Crippen LogP contribution in [0.2, 0.25) is 0 Å². The van der Waals surface area contributed by atoms with Gasteiger partial charge in [-0.1, -0.05) is 6.07 Å². The number of H-pyrrole nitrogens is 1. The topological polar surface area (TPSA) is 48.0 Å². The molecule has 0 spiro atoms. The Balaban J connectivity index is 1.43. The highest BCUT2D eigenvalue weighted by molar-refractivity contribution is 5.84. The summed E-state index contributed by atoms with van der Waals surface area (Å²) in [4.78, 5) is 8.08. The van der Waals surface area contributed by atoms with Gasteiger partial charge < -0.3 is 9.88 Å². The molecule has 5 heteroatoms. The van der Waals surface area contributed by atoms with Crippen molar-refractivity contribution in [3.63, 3.8) is 0 Å². The lowest BCUT2D eigenvalue weighted by molar-refractivity contribution is 0.292. The van der Waals surface area contributed by atoms with Crippen molar-refractivity contribution in [3.8, 4) is 11.3 Å². The van der Waals surface area contributed by atoms with Gasteiger partial charge in [0.1, 0.15) is 0 Å². The Morgan fingerprint density at radius 2 is 2.00 bits per heavy atom. The molecule has 2 atom stereocenters. The Labute approximate surface area is 134 Å². The molecule has 23 heavy (non-hydrogen) atoms. The van der Waals surface area contributed by atoms with Crippen molar-refractivity contribution in [1.82, 2.24) is 20.1 Å². The molecule has 0 radical (unpaired) electrons. The Hall–Kier alpha value is -2.40. The molecule has 2 aliphatic rings. The molecule has 0 amide bonds. The van der Waals surface area contributed by atoms with E-state index >= 15 is 0 Å². The first-order chi connectivity index (χ1) is 11.3. The molecule has 1 aromatic carbocycles. The lowest BCUT2D eigenvalue weighted by atomic mass is 10.1. The molecule has 2 aliphatic heterocycles. The number of rotatable bonds is 2. The van der Waals surface area contributed by atoms with E-state index in [0.717, 1.165) is 35.7 Å². The highest BCUT2D eigenvalue weighted by Crippen LogP contribution is 2.32. The summed E-state index contributed by atoms with van der Waals surface area (Å²) < 4.78 is 0. The van der Waals surface area contributed by atoms with Crippen LogP contribution in [0.4, 0.5) is 5.82 Å². The first-order valence-corrected chi connectivity index (χ1v) is 8.16. The molecule has 0 unspecified atom stereocenters. The smallest absolute Gasteiger partial charge is 0.151 e. The van der Waals surface area contributed by atoms with E-state index in [1.165, 1.54) is 11.8 Å². The number of fused-ring (bicyclic) bond motifs is 3. The van der Waals surface area contributed by atoms with Gasteiger partial charge in [-0.3, -0.25) is 4.90 Å². The van der Waals surface area contributed by atoms with Crippen LogP contribution in [0.15, 0.2) is 42.6 Å². The molecule has 0 saturated carbocycles. The van der Waals surface area contributed by atoms with E-state index in [1.807, 2.05) is 6.20 Å². The number of likely N-dealkylation sites (N-methyl/N-ethyl adjacent to an activating group) is 1. The highest BCUT2D eigenvalue weighted by atomic mass is 15.4. The standard InChI is InChI=1S/C18H19N5/c1-22-10-15-9-14(22)11-23(15)18-5-4-17(20-21-18)12-2-3-16-13(8-12)6-7-19-16/h2-8,14-15,19H,9-11H2,1H3/t14-,15+/m0/s1. The number of likely N-dealkylation sites (tertiary alicyclic amines) is 1. The number of benzene rings is 1. The van der Waals surface area contributed by atoms with Crippen molar-refractivity contribution < 1.29 is 0 Å². The summed E-state index contributed by atoms with van der Waals surface area (Å²) in [7, 11) is 2.22. The van der Waals surface area contributed by atoms with Crippen LogP contribution in [0.25, 0.3) is 22.2 Å². The van der Waals surface area contributed by atoms with E-state index in [4.69, 9.17) is 0 Å². The lowest BCUT2D eigenvalue weighted by Crippen LogP contribution is -2.44. The quantitative estimate of drug-likeness (QED) is 0.790.